The highest BCUT2D eigenvalue weighted by atomic mass is 16.1. The summed E-state index contributed by atoms with van der Waals surface area (Å²) in [6.07, 6.45) is 3.51. The summed E-state index contributed by atoms with van der Waals surface area (Å²) >= 11 is 0. The highest BCUT2D eigenvalue weighted by molar-refractivity contribution is 6.10. The molecule has 7 heteroatoms. The zero-order valence-corrected chi connectivity index (χ0v) is 16.3. The molecule has 0 saturated carbocycles. The van der Waals surface area contributed by atoms with E-state index in [1.54, 1.807) is 12.4 Å². The third-order valence-electron chi connectivity index (χ3n) is 4.99. The lowest BCUT2D eigenvalue weighted by molar-refractivity contribution is 0.103. The average Bonchev–Trinajstić information content (AvgIpc) is 3.20. The molecule has 30 heavy (non-hydrogen) atoms. The molecule has 0 radical (unpaired) electrons. The normalized spacial score (nSPS) is 11.1. The minimum atomic E-state index is -0.0312. The first-order valence-corrected chi connectivity index (χ1v) is 9.59. The molecule has 5 rings (SSSR count). The molecule has 0 aliphatic carbocycles. The molecule has 0 bridgehead atoms. The van der Waals surface area contributed by atoms with Gasteiger partial charge in [-0.3, -0.25) is 14.2 Å². The van der Waals surface area contributed by atoms with Crippen LogP contribution in [0.2, 0.25) is 0 Å². The summed E-state index contributed by atoms with van der Waals surface area (Å²) in [7, 11) is 0. The summed E-state index contributed by atoms with van der Waals surface area (Å²) in [5.74, 6) is 1.34. The number of hydrogen-bond acceptors (Lipinski definition) is 6. The molecule has 0 amide bonds. The van der Waals surface area contributed by atoms with Crippen LogP contribution in [0.1, 0.15) is 27.3 Å². The van der Waals surface area contributed by atoms with Crippen molar-refractivity contribution >= 4 is 28.3 Å². The Morgan fingerprint density at radius 3 is 2.57 bits per heavy atom. The first-order chi connectivity index (χ1) is 14.7. The zero-order valence-electron chi connectivity index (χ0n) is 16.3. The maximum absolute atomic E-state index is 12.9. The topological polar surface area (TPSA) is 85.1 Å². The predicted octanol–water partition coefficient (Wildman–Crippen LogP) is 3.82. The van der Waals surface area contributed by atoms with Gasteiger partial charge in [0.15, 0.2) is 11.6 Å². The lowest BCUT2D eigenvalue weighted by Gasteiger charge is -2.11. The second-order valence-electron chi connectivity index (χ2n) is 6.97. The van der Waals surface area contributed by atoms with Crippen molar-refractivity contribution < 1.29 is 4.79 Å². The molecule has 0 unspecified atom stereocenters. The van der Waals surface area contributed by atoms with Crippen molar-refractivity contribution in [1.82, 2.24) is 24.6 Å². The van der Waals surface area contributed by atoms with E-state index in [1.165, 1.54) is 0 Å². The maximum Gasteiger partial charge on any atom is 0.204 e. The van der Waals surface area contributed by atoms with Crippen molar-refractivity contribution in [3.8, 4) is 0 Å². The largest absolute Gasteiger partial charge is 0.363 e. The summed E-state index contributed by atoms with van der Waals surface area (Å²) in [5.41, 5.74) is 4.51. The van der Waals surface area contributed by atoms with Crippen LogP contribution in [0, 0.1) is 6.92 Å². The number of ketones is 1. The number of anilines is 1. The molecule has 2 aromatic carbocycles. The van der Waals surface area contributed by atoms with Crippen molar-refractivity contribution in [2.24, 2.45) is 0 Å². The van der Waals surface area contributed by atoms with E-state index in [1.807, 2.05) is 72.0 Å². The minimum absolute atomic E-state index is 0.0312. The number of pyridine rings is 1. The van der Waals surface area contributed by atoms with Gasteiger partial charge in [-0.05, 0) is 42.8 Å². The second kappa shape index (κ2) is 7.36. The molecule has 3 heterocycles. The predicted molar refractivity (Wildman–Crippen MR) is 114 cm³/mol. The highest BCUT2D eigenvalue weighted by Gasteiger charge is 2.16. The Bertz CT molecular complexity index is 1360. The number of fused-ring (bicyclic) bond motifs is 3. The fourth-order valence-corrected chi connectivity index (χ4v) is 3.47. The summed E-state index contributed by atoms with van der Waals surface area (Å²) in [5, 5.41) is 11.9. The van der Waals surface area contributed by atoms with Crippen LogP contribution in [0.15, 0.2) is 73.1 Å². The molecule has 0 spiro atoms. The van der Waals surface area contributed by atoms with Gasteiger partial charge in [0, 0.05) is 30.1 Å². The van der Waals surface area contributed by atoms with Gasteiger partial charge in [0.2, 0.25) is 5.65 Å². The Balaban J connectivity index is 1.59. The molecule has 0 atom stereocenters. The Morgan fingerprint density at radius 2 is 1.77 bits per heavy atom. The van der Waals surface area contributed by atoms with Gasteiger partial charge in [-0.1, -0.05) is 30.3 Å². The molecule has 3 aromatic heterocycles. The molecule has 0 fully saturated rings. The first-order valence-electron chi connectivity index (χ1n) is 9.59. The van der Waals surface area contributed by atoms with Crippen LogP contribution in [-0.4, -0.2) is 30.3 Å². The number of nitrogens with zero attached hydrogens (tertiary/aromatic N) is 5. The zero-order chi connectivity index (χ0) is 20.5. The van der Waals surface area contributed by atoms with Gasteiger partial charge in [0.05, 0.1) is 11.0 Å². The molecular formula is C23H18N6O. The van der Waals surface area contributed by atoms with Gasteiger partial charge in [-0.2, -0.15) is 0 Å². The molecule has 0 saturated heterocycles. The van der Waals surface area contributed by atoms with Crippen LogP contribution in [0.5, 0.6) is 0 Å². The van der Waals surface area contributed by atoms with Gasteiger partial charge in [0.1, 0.15) is 5.82 Å². The summed E-state index contributed by atoms with van der Waals surface area (Å²) in [6.45, 7) is 2.48. The van der Waals surface area contributed by atoms with Crippen molar-refractivity contribution in [2.75, 3.05) is 5.32 Å². The van der Waals surface area contributed by atoms with Crippen LogP contribution in [-0.2, 0) is 6.54 Å². The fraction of sp³-hybridized carbons (Fsp3) is 0.0870. The third-order valence-corrected chi connectivity index (χ3v) is 4.99. The molecule has 0 aliphatic rings. The van der Waals surface area contributed by atoms with E-state index in [0.717, 1.165) is 22.4 Å². The van der Waals surface area contributed by atoms with Gasteiger partial charge in [-0.15, -0.1) is 10.2 Å². The van der Waals surface area contributed by atoms with Crippen LogP contribution in [0.25, 0.3) is 16.7 Å². The Labute approximate surface area is 172 Å². The first kappa shape index (κ1) is 17.9. The SMILES string of the molecule is Cc1nnc2c(NCc3ccncc3)nc3ccc(C(=O)c4ccccc4)cc3n12. The van der Waals surface area contributed by atoms with Crippen molar-refractivity contribution in [3.63, 3.8) is 0 Å². The molecule has 0 aliphatic heterocycles. The smallest absolute Gasteiger partial charge is 0.204 e. The number of nitrogens with one attached hydrogen (secondary N) is 1. The highest BCUT2D eigenvalue weighted by Crippen LogP contribution is 2.24. The van der Waals surface area contributed by atoms with E-state index in [4.69, 9.17) is 4.98 Å². The van der Waals surface area contributed by atoms with Crippen molar-refractivity contribution in [3.05, 3.63) is 95.6 Å². The van der Waals surface area contributed by atoms with Gasteiger partial charge >= 0.3 is 0 Å². The van der Waals surface area contributed by atoms with Crippen LogP contribution in [0.4, 0.5) is 5.82 Å². The number of benzene rings is 2. The number of carbonyl (C=O) groups is 1. The van der Waals surface area contributed by atoms with E-state index >= 15 is 0 Å². The summed E-state index contributed by atoms with van der Waals surface area (Å²) in [6, 6.07) is 18.7. The van der Waals surface area contributed by atoms with E-state index in [0.29, 0.717) is 29.1 Å². The maximum atomic E-state index is 12.9. The fourth-order valence-electron chi connectivity index (χ4n) is 3.47. The van der Waals surface area contributed by atoms with Gasteiger partial charge < -0.3 is 5.32 Å². The molecular weight excluding hydrogens is 376 g/mol. The lowest BCUT2D eigenvalue weighted by atomic mass is 10.0. The van der Waals surface area contributed by atoms with Crippen LogP contribution < -0.4 is 5.32 Å². The standard InChI is InChI=1S/C23H18N6O/c1-15-27-28-23-22(25-14-16-9-11-24-12-10-16)26-19-8-7-18(13-20(19)29(15)23)21(30)17-5-3-2-4-6-17/h2-13H,14H2,1H3,(H,25,26). The van der Waals surface area contributed by atoms with Crippen molar-refractivity contribution in [1.29, 1.82) is 0 Å². The number of aromatic nitrogens is 5. The van der Waals surface area contributed by atoms with Gasteiger partial charge in [-0.25, -0.2) is 4.98 Å². The molecule has 5 aromatic rings. The van der Waals surface area contributed by atoms with Crippen LogP contribution in [0.3, 0.4) is 0 Å². The number of aryl methyl sites for hydroxylation is 1. The van der Waals surface area contributed by atoms with Crippen molar-refractivity contribution in [2.45, 2.75) is 13.5 Å². The van der Waals surface area contributed by atoms with Gasteiger partial charge in [0.25, 0.3) is 0 Å². The molecule has 7 nitrogen and oxygen atoms in total. The Hall–Kier alpha value is -4.13. The number of rotatable bonds is 5. The van der Waals surface area contributed by atoms with E-state index < -0.39 is 0 Å². The van der Waals surface area contributed by atoms with E-state index in [-0.39, 0.29) is 5.78 Å². The Morgan fingerprint density at radius 1 is 0.967 bits per heavy atom. The third kappa shape index (κ3) is 3.16. The second-order valence-corrected chi connectivity index (χ2v) is 6.97. The number of carbonyl (C=O) groups excluding carboxylic acids is 1. The van der Waals surface area contributed by atoms with E-state index in [9.17, 15) is 4.79 Å². The molecule has 146 valence electrons. The summed E-state index contributed by atoms with van der Waals surface area (Å²) in [4.78, 5) is 21.7. The Kier molecular flexibility index (Phi) is 4.40. The van der Waals surface area contributed by atoms with Crippen LogP contribution >= 0.6 is 0 Å². The van der Waals surface area contributed by atoms with E-state index in [2.05, 4.69) is 20.5 Å². The number of hydrogen-bond donors (Lipinski definition) is 1. The summed E-state index contributed by atoms with van der Waals surface area (Å²) < 4.78 is 1.93. The molecule has 1 N–H and O–H groups in total. The lowest BCUT2D eigenvalue weighted by Crippen LogP contribution is -2.07. The quantitative estimate of drug-likeness (QED) is 0.456. The average molecular weight is 394 g/mol. The monoisotopic (exact) mass is 394 g/mol. The minimum Gasteiger partial charge on any atom is -0.363 e.